The van der Waals surface area contributed by atoms with Crippen LogP contribution in [0.2, 0.25) is 0 Å². The van der Waals surface area contributed by atoms with E-state index in [9.17, 15) is 21.6 Å². The molecule has 0 saturated heterocycles. The van der Waals surface area contributed by atoms with E-state index in [-0.39, 0.29) is 22.6 Å². The van der Waals surface area contributed by atoms with Crippen LogP contribution >= 0.6 is 15.9 Å². The quantitative estimate of drug-likeness (QED) is 0.715. The highest BCUT2D eigenvalue weighted by atomic mass is 79.9. The predicted molar refractivity (Wildman–Crippen MR) is 70.6 cm³/mol. The Labute approximate surface area is 122 Å². The average Bonchev–Trinajstić information content (AvgIpc) is 2.25. The van der Waals surface area contributed by atoms with Gasteiger partial charge in [0.25, 0.3) is 0 Å². The number of ether oxygens (including phenoxy) is 2. The van der Waals surface area contributed by atoms with Crippen molar-refractivity contribution in [1.29, 1.82) is 0 Å². The molecule has 0 unspecified atom stereocenters. The van der Waals surface area contributed by atoms with Crippen molar-refractivity contribution in [3.8, 4) is 11.5 Å². The molecule has 0 amide bonds. The third kappa shape index (κ3) is 6.99. The van der Waals surface area contributed by atoms with Gasteiger partial charge in [0.2, 0.25) is 0 Å². The van der Waals surface area contributed by atoms with Crippen LogP contribution in [0.5, 0.6) is 11.5 Å². The van der Waals surface area contributed by atoms with E-state index in [0.717, 1.165) is 12.3 Å². The lowest BCUT2D eigenvalue weighted by molar-refractivity contribution is -0.274. The molecule has 0 fully saturated rings. The van der Waals surface area contributed by atoms with E-state index >= 15 is 0 Å². The second-order valence-electron chi connectivity index (χ2n) is 3.97. The molecule has 114 valence electrons. The van der Waals surface area contributed by atoms with Gasteiger partial charge in [0, 0.05) is 6.26 Å². The second kappa shape index (κ2) is 6.66. The van der Waals surface area contributed by atoms with Crippen molar-refractivity contribution in [2.75, 3.05) is 18.6 Å². The van der Waals surface area contributed by atoms with Crippen molar-refractivity contribution in [2.45, 2.75) is 12.8 Å². The van der Waals surface area contributed by atoms with E-state index < -0.39 is 16.2 Å². The largest absolute Gasteiger partial charge is 0.573 e. The SMILES string of the molecule is CS(=O)(=O)CCCOc1ccc(OC(F)(F)F)c(Br)c1. The summed E-state index contributed by atoms with van der Waals surface area (Å²) in [6, 6.07) is 3.75. The number of rotatable bonds is 6. The molecule has 0 heterocycles. The summed E-state index contributed by atoms with van der Waals surface area (Å²) in [6.45, 7) is 0.152. The molecule has 0 saturated carbocycles. The van der Waals surface area contributed by atoms with E-state index in [4.69, 9.17) is 4.74 Å². The summed E-state index contributed by atoms with van der Waals surface area (Å²) in [4.78, 5) is 0. The molecular weight excluding hydrogens is 365 g/mol. The molecule has 0 radical (unpaired) electrons. The van der Waals surface area contributed by atoms with Gasteiger partial charge in [-0.1, -0.05) is 0 Å². The van der Waals surface area contributed by atoms with E-state index in [2.05, 4.69) is 20.7 Å². The van der Waals surface area contributed by atoms with Crippen LogP contribution in [0.3, 0.4) is 0 Å². The monoisotopic (exact) mass is 376 g/mol. The molecule has 0 bridgehead atoms. The highest BCUT2D eigenvalue weighted by Crippen LogP contribution is 2.33. The highest BCUT2D eigenvalue weighted by Gasteiger charge is 2.31. The Morgan fingerprint density at radius 1 is 1.30 bits per heavy atom. The minimum absolute atomic E-state index is 0.0105. The fourth-order valence-corrected chi connectivity index (χ4v) is 2.37. The van der Waals surface area contributed by atoms with Crippen molar-refractivity contribution in [3.63, 3.8) is 0 Å². The number of sulfone groups is 1. The summed E-state index contributed by atoms with van der Waals surface area (Å²) in [7, 11) is -3.05. The lowest BCUT2D eigenvalue weighted by atomic mass is 10.3. The molecule has 4 nitrogen and oxygen atoms in total. The smallest absolute Gasteiger partial charge is 0.494 e. The number of benzene rings is 1. The molecule has 1 aromatic rings. The van der Waals surface area contributed by atoms with Gasteiger partial charge < -0.3 is 9.47 Å². The van der Waals surface area contributed by atoms with E-state index in [1.807, 2.05) is 0 Å². The number of hydrogen-bond donors (Lipinski definition) is 0. The Balaban J connectivity index is 2.55. The maximum absolute atomic E-state index is 12.1. The normalized spacial score (nSPS) is 12.2. The summed E-state index contributed by atoms with van der Waals surface area (Å²) in [6.07, 6.45) is -3.34. The fourth-order valence-electron chi connectivity index (χ4n) is 1.29. The van der Waals surface area contributed by atoms with Gasteiger partial charge in [0.05, 0.1) is 16.8 Å². The van der Waals surface area contributed by atoms with Crippen LogP contribution in [-0.4, -0.2) is 33.4 Å². The first-order valence-corrected chi connectivity index (χ1v) is 8.28. The Morgan fingerprint density at radius 2 is 1.95 bits per heavy atom. The van der Waals surface area contributed by atoms with Gasteiger partial charge >= 0.3 is 6.36 Å². The predicted octanol–water partition coefficient (Wildman–Crippen LogP) is 3.16. The molecule has 0 aliphatic carbocycles. The lowest BCUT2D eigenvalue weighted by Gasteiger charge is -2.12. The average molecular weight is 377 g/mol. The first-order valence-electron chi connectivity index (χ1n) is 5.43. The minimum Gasteiger partial charge on any atom is -0.494 e. The van der Waals surface area contributed by atoms with Gasteiger partial charge in [-0.3, -0.25) is 0 Å². The Morgan fingerprint density at radius 3 is 2.45 bits per heavy atom. The fraction of sp³-hybridized carbons (Fsp3) is 0.455. The van der Waals surface area contributed by atoms with Gasteiger partial charge in [0.1, 0.15) is 21.3 Å². The summed E-state index contributed by atoms with van der Waals surface area (Å²) in [5.74, 6) is -0.0652. The van der Waals surface area contributed by atoms with Gasteiger partial charge in [-0.15, -0.1) is 13.2 Å². The summed E-state index contributed by atoms with van der Waals surface area (Å²) in [5.41, 5.74) is 0. The summed E-state index contributed by atoms with van der Waals surface area (Å²) in [5, 5.41) is 0. The molecule has 0 aliphatic heterocycles. The molecule has 1 rings (SSSR count). The number of alkyl halides is 3. The van der Waals surface area contributed by atoms with E-state index in [1.54, 1.807) is 0 Å². The molecule has 0 atom stereocenters. The van der Waals surface area contributed by atoms with Crippen molar-refractivity contribution in [1.82, 2.24) is 0 Å². The first-order chi connectivity index (χ1) is 9.07. The molecule has 0 aliphatic rings. The number of hydrogen-bond acceptors (Lipinski definition) is 4. The highest BCUT2D eigenvalue weighted by molar-refractivity contribution is 9.10. The zero-order valence-corrected chi connectivity index (χ0v) is 12.8. The third-order valence-corrected chi connectivity index (χ3v) is 3.71. The van der Waals surface area contributed by atoms with Gasteiger partial charge in [-0.25, -0.2) is 8.42 Å². The Kier molecular flexibility index (Phi) is 5.69. The van der Waals surface area contributed by atoms with Crippen LogP contribution < -0.4 is 9.47 Å². The van der Waals surface area contributed by atoms with Crippen LogP contribution in [0.1, 0.15) is 6.42 Å². The molecule has 1 aromatic carbocycles. The van der Waals surface area contributed by atoms with Crippen LogP contribution in [0.4, 0.5) is 13.2 Å². The number of halogens is 4. The zero-order chi connectivity index (χ0) is 15.4. The van der Waals surface area contributed by atoms with Crippen LogP contribution in [0.25, 0.3) is 0 Å². The molecule has 9 heteroatoms. The summed E-state index contributed by atoms with van der Waals surface area (Å²) >= 11 is 2.94. The van der Waals surface area contributed by atoms with Gasteiger partial charge in [-0.05, 0) is 40.5 Å². The molecule has 0 spiro atoms. The second-order valence-corrected chi connectivity index (χ2v) is 7.09. The maximum atomic E-state index is 12.1. The lowest BCUT2D eigenvalue weighted by Crippen LogP contribution is -2.17. The maximum Gasteiger partial charge on any atom is 0.573 e. The van der Waals surface area contributed by atoms with E-state index in [1.165, 1.54) is 12.1 Å². The van der Waals surface area contributed by atoms with Gasteiger partial charge in [-0.2, -0.15) is 0 Å². The Bertz CT molecular complexity index is 557. The van der Waals surface area contributed by atoms with Crippen LogP contribution in [0.15, 0.2) is 22.7 Å². The molecule has 0 aromatic heterocycles. The van der Waals surface area contributed by atoms with Crippen LogP contribution in [-0.2, 0) is 9.84 Å². The molecular formula is C11H12BrF3O4S. The van der Waals surface area contributed by atoms with Crippen LogP contribution in [0, 0.1) is 0 Å². The van der Waals surface area contributed by atoms with Crippen molar-refractivity contribution in [2.24, 2.45) is 0 Å². The van der Waals surface area contributed by atoms with E-state index in [0.29, 0.717) is 12.2 Å². The Hall–Kier alpha value is -0.960. The van der Waals surface area contributed by atoms with Crippen molar-refractivity contribution >= 4 is 25.8 Å². The molecule has 20 heavy (non-hydrogen) atoms. The summed E-state index contributed by atoms with van der Waals surface area (Å²) < 4.78 is 67.0. The minimum atomic E-state index is -4.76. The topological polar surface area (TPSA) is 52.6 Å². The van der Waals surface area contributed by atoms with Crippen molar-refractivity contribution < 1.29 is 31.1 Å². The van der Waals surface area contributed by atoms with Crippen molar-refractivity contribution in [3.05, 3.63) is 22.7 Å². The third-order valence-electron chi connectivity index (χ3n) is 2.06. The molecule has 0 N–H and O–H groups in total. The van der Waals surface area contributed by atoms with Gasteiger partial charge in [0.15, 0.2) is 0 Å². The zero-order valence-electron chi connectivity index (χ0n) is 10.4. The first kappa shape index (κ1) is 17.1. The standard InChI is InChI=1S/C11H12BrF3O4S/c1-20(16,17)6-2-5-18-8-3-4-10(9(12)7-8)19-11(13,14)15/h3-4,7H,2,5-6H2,1H3.